The first kappa shape index (κ1) is 46.0. The minimum atomic E-state index is -0.122. The largest absolute Gasteiger partial charge is 0.510 e. The fourth-order valence-electron chi connectivity index (χ4n) is 11.3. The fourth-order valence-corrected chi connectivity index (χ4v) is 11.3. The Kier molecular flexibility index (Phi) is 11.1. The number of aromatic nitrogens is 6. The quantitative estimate of drug-likeness (QED) is 0.112. The van der Waals surface area contributed by atoms with E-state index >= 15 is 0 Å². The van der Waals surface area contributed by atoms with Crippen molar-refractivity contribution in [2.24, 2.45) is 7.05 Å². The average molecular weight is 1150 g/mol. The molecule has 7 nitrogen and oxygen atoms in total. The molecule has 75 heavy (non-hydrogen) atoms. The Morgan fingerprint density at radius 1 is 0.533 bits per heavy atom. The van der Waals surface area contributed by atoms with Crippen molar-refractivity contribution in [1.82, 2.24) is 23.3 Å². The predicted molar refractivity (Wildman–Crippen MR) is 300 cm³/mol. The van der Waals surface area contributed by atoms with Crippen molar-refractivity contribution >= 4 is 65.4 Å². The molecule has 5 aromatic heterocycles. The molecule has 0 unspecified atom stereocenters. The van der Waals surface area contributed by atoms with E-state index in [1.165, 1.54) is 16.3 Å². The van der Waals surface area contributed by atoms with Crippen LogP contribution >= 0.6 is 0 Å². The molecule has 0 aliphatic carbocycles. The first-order valence-electron chi connectivity index (χ1n) is 25.1. The van der Waals surface area contributed by atoms with E-state index in [4.69, 9.17) is 9.72 Å². The van der Waals surface area contributed by atoms with Crippen LogP contribution in [0, 0.1) is 18.5 Å². The Morgan fingerprint density at radius 2 is 1.12 bits per heavy atom. The van der Waals surface area contributed by atoms with E-state index in [2.05, 4.69) is 247 Å². The average Bonchev–Trinajstić information content (AvgIpc) is 4.27. The number of rotatable bonds is 8. The second-order valence-corrected chi connectivity index (χ2v) is 20.1. The van der Waals surface area contributed by atoms with Crippen LogP contribution in [0.1, 0.15) is 26.3 Å². The van der Waals surface area contributed by atoms with Gasteiger partial charge < -0.3 is 23.0 Å². The molecule has 8 heteroatoms. The van der Waals surface area contributed by atoms with Gasteiger partial charge in [-0.15, -0.1) is 24.3 Å². The molecule has 364 valence electrons. The minimum Gasteiger partial charge on any atom is -0.510 e. The van der Waals surface area contributed by atoms with Crippen LogP contribution in [0.25, 0.3) is 111 Å². The van der Waals surface area contributed by atoms with Crippen molar-refractivity contribution in [3.63, 3.8) is 0 Å². The van der Waals surface area contributed by atoms with E-state index in [0.29, 0.717) is 11.5 Å². The molecule has 0 bridgehead atoms. The molecule has 0 radical (unpaired) electrons. The summed E-state index contributed by atoms with van der Waals surface area (Å²) in [7, 11) is 2.20. The number of para-hydroxylation sites is 4. The Balaban J connectivity index is 0.00000541. The molecule has 14 aromatic rings. The normalized spacial score (nSPS) is 11.9. The molecule has 5 heterocycles. The van der Waals surface area contributed by atoms with E-state index < -0.39 is 0 Å². The molecule has 0 aliphatic rings. The predicted octanol–water partition coefficient (Wildman–Crippen LogP) is 15.8. The molecule has 0 aliphatic heterocycles. The maximum Gasteiger partial charge on any atom is 0.267 e. The SMILES string of the molecule is Cn1c2ccccc2c2c1c1c3ccc(Oc4[c-]c(-[n+]5[c-]n(-c6c(-c7ccccc7)cccc6-c6ccccc6)cc5)ccc4)[c-]c3n(-c3cc(C(C)(C)C)ccn3)c1c1c3ccccc3n(-c3ccccc3)c21.[Pt]. The summed E-state index contributed by atoms with van der Waals surface area (Å²) in [5.74, 6) is 1.94. The monoisotopic (exact) mass is 1150 g/mol. The molecular formula is C67H48N6OPt-2. The molecule has 0 saturated heterocycles. The summed E-state index contributed by atoms with van der Waals surface area (Å²) >= 11 is 0. The zero-order valence-corrected chi connectivity index (χ0v) is 44.0. The van der Waals surface area contributed by atoms with E-state index in [-0.39, 0.29) is 26.5 Å². The number of fused-ring (bicyclic) bond motifs is 12. The number of benzene rings is 9. The second-order valence-electron chi connectivity index (χ2n) is 20.1. The van der Waals surface area contributed by atoms with Gasteiger partial charge in [0.2, 0.25) is 0 Å². The van der Waals surface area contributed by atoms with Crippen molar-refractivity contribution in [2.45, 2.75) is 26.2 Å². The van der Waals surface area contributed by atoms with Crippen molar-refractivity contribution < 1.29 is 30.4 Å². The van der Waals surface area contributed by atoms with E-state index in [1.54, 1.807) is 0 Å². The number of aryl methyl sites for hydroxylation is 1. The standard InChI is InChI=1S/C67H48N6O.Pt/c1-67(2,3)46-36-37-68-59(40-46)73-58-42-50(74-49-27-18-26-48(41-49)70-38-39-71(43-70)63-51(44-20-8-5-9-21-44)30-19-31-52(63)45-22-10-6-11-23-45)34-35-55(58)61-64-60(53-28-14-16-32-56(53)69(64)4)65-62(66(61)73)54-29-15-17-33-57(54)72(65)47-24-12-7-13-25-47;/h5-40H,1-4H3;/q-2;. The van der Waals surface area contributed by atoms with E-state index in [9.17, 15) is 0 Å². The number of imidazole rings is 1. The molecule has 0 saturated carbocycles. The smallest absolute Gasteiger partial charge is 0.267 e. The molecule has 9 aromatic carbocycles. The van der Waals surface area contributed by atoms with Crippen LogP contribution in [0.15, 0.2) is 219 Å². The molecule has 0 spiro atoms. The van der Waals surface area contributed by atoms with Gasteiger partial charge in [0.25, 0.3) is 6.33 Å². The van der Waals surface area contributed by atoms with Crippen LogP contribution in [0.4, 0.5) is 0 Å². The van der Waals surface area contributed by atoms with Crippen LogP contribution in [-0.4, -0.2) is 23.3 Å². The Hall–Kier alpha value is -8.77. The van der Waals surface area contributed by atoms with Crippen LogP contribution in [0.5, 0.6) is 11.5 Å². The van der Waals surface area contributed by atoms with Crippen molar-refractivity contribution in [3.05, 3.63) is 243 Å². The number of hydrogen-bond donors (Lipinski definition) is 0. The zero-order valence-electron chi connectivity index (χ0n) is 41.7. The van der Waals surface area contributed by atoms with Gasteiger partial charge in [-0.25, -0.2) is 4.98 Å². The molecule has 0 N–H and O–H groups in total. The summed E-state index contributed by atoms with van der Waals surface area (Å²) in [6, 6.07) is 77.9. The summed E-state index contributed by atoms with van der Waals surface area (Å²) in [4.78, 5) is 5.19. The number of hydrogen-bond acceptors (Lipinski definition) is 2. The van der Waals surface area contributed by atoms with Crippen molar-refractivity contribution in [2.75, 3.05) is 0 Å². The Labute approximate surface area is 449 Å². The van der Waals surface area contributed by atoms with Gasteiger partial charge in [0.1, 0.15) is 5.82 Å². The van der Waals surface area contributed by atoms with Gasteiger partial charge >= 0.3 is 0 Å². The molecule has 0 atom stereocenters. The van der Waals surface area contributed by atoms with E-state index in [0.717, 1.165) is 99.8 Å². The summed E-state index contributed by atoms with van der Waals surface area (Å²) < 4.78 is 18.1. The number of pyridine rings is 1. The Bertz CT molecular complexity index is 4440. The summed E-state index contributed by atoms with van der Waals surface area (Å²) in [5, 5.41) is 6.91. The molecule has 14 rings (SSSR count). The second kappa shape index (κ2) is 18.0. The molecule has 0 fully saturated rings. The number of ether oxygens (including phenoxy) is 1. The van der Waals surface area contributed by atoms with Gasteiger partial charge in [0.15, 0.2) is 0 Å². The van der Waals surface area contributed by atoms with Crippen molar-refractivity contribution in [3.8, 4) is 56.6 Å². The van der Waals surface area contributed by atoms with Crippen molar-refractivity contribution in [1.29, 1.82) is 0 Å². The maximum absolute atomic E-state index is 6.85. The topological polar surface area (TPSA) is 45.7 Å². The summed E-state index contributed by atoms with van der Waals surface area (Å²) in [5.41, 5.74) is 15.0. The number of nitrogens with zero attached hydrogens (tertiary/aromatic N) is 6. The fraction of sp³-hybridized carbons (Fsp3) is 0.0746. The van der Waals surface area contributed by atoms with Crippen LogP contribution < -0.4 is 9.30 Å². The van der Waals surface area contributed by atoms with Gasteiger partial charge in [-0.05, 0) is 80.7 Å². The van der Waals surface area contributed by atoms with Crippen LogP contribution in [-0.2, 0) is 33.5 Å². The van der Waals surface area contributed by atoms with Gasteiger partial charge in [-0.3, -0.25) is 4.57 Å². The molecular weight excluding hydrogens is 1100 g/mol. The van der Waals surface area contributed by atoms with Gasteiger partial charge in [-0.1, -0.05) is 165 Å². The third kappa shape index (κ3) is 7.44. The zero-order chi connectivity index (χ0) is 49.7. The first-order valence-corrected chi connectivity index (χ1v) is 25.1. The Morgan fingerprint density at radius 3 is 1.83 bits per heavy atom. The third-order valence-corrected chi connectivity index (χ3v) is 14.7. The van der Waals surface area contributed by atoms with Gasteiger partial charge in [0.05, 0.1) is 22.2 Å². The summed E-state index contributed by atoms with van der Waals surface area (Å²) in [6.07, 6.45) is 9.65. The molecule has 0 amide bonds. The van der Waals surface area contributed by atoms with Crippen LogP contribution in [0.3, 0.4) is 0 Å². The maximum atomic E-state index is 6.85. The first-order chi connectivity index (χ1) is 36.3. The van der Waals surface area contributed by atoms with Gasteiger partial charge in [-0.2, -0.15) is 18.2 Å². The van der Waals surface area contributed by atoms with Gasteiger partial charge in [0, 0.05) is 96.5 Å². The summed E-state index contributed by atoms with van der Waals surface area (Å²) in [6.45, 7) is 6.76. The van der Waals surface area contributed by atoms with Crippen LogP contribution in [0.2, 0.25) is 0 Å². The minimum absolute atomic E-state index is 0. The third-order valence-electron chi connectivity index (χ3n) is 14.7. The van der Waals surface area contributed by atoms with E-state index in [1.807, 2.05) is 41.2 Å².